The largest absolute Gasteiger partial charge is 0.460 e. The molecule has 23 heavy (non-hydrogen) atoms. The molecule has 0 heterocycles. The van der Waals surface area contributed by atoms with Crippen molar-refractivity contribution in [1.29, 1.82) is 0 Å². The minimum atomic E-state index is -0.391. The van der Waals surface area contributed by atoms with Gasteiger partial charge in [-0.3, -0.25) is 4.79 Å². The zero-order valence-corrected chi connectivity index (χ0v) is 12.9. The van der Waals surface area contributed by atoms with Crippen LogP contribution in [0.1, 0.15) is 26.3 Å². The maximum absolute atomic E-state index is 12.0. The predicted octanol–water partition coefficient (Wildman–Crippen LogP) is 3.39. The number of hydrogen-bond acceptors (Lipinski definition) is 4. The van der Waals surface area contributed by atoms with Crippen LogP contribution in [0.3, 0.4) is 0 Å². The molecule has 4 nitrogen and oxygen atoms in total. The third kappa shape index (κ3) is 5.20. The monoisotopic (exact) mass is 310 g/mol. The Morgan fingerprint density at radius 3 is 2.26 bits per heavy atom. The van der Waals surface area contributed by atoms with E-state index in [9.17, 15) is 9.59 Å². The lowest BCUT2D eigenvalue weighted by Crippen LogP contribution is -2.09. The molecule has 0 N–H and O–H groups in total. The van der Waals surface area contributed by atoms with Gasteiger partial charge < -0.3 is 9.47 Å². The molecule has 0 unspecified atom stereocenters. The number of esters is 1. The summed E-state index contributed by atoms with van der Waals surface area (Å²) in [6.07, 6.45) is 3.23. The van der Waals surface area contributed by atoms with E-state index in [0.29, 0.717) is 17.7 Å². The van der Waals surface area contributed by atoms with E-state index in [4.69, 9.17) is 9.47 Å². The number of rotatable bonds is 7. The van der Waals surface area contributed by atoms with Crippen LogP contribution >= 0.6 is 0 Å². The number of ketones is 1. The molecule has 2 aromatic rings. The summed E-state index contributed by atoms with van der Waals surface area (Å²) in [4.78, 5) is 23.7. The second-order valence-corrected chi connectivity index (χ2v) is 4.81. The Hall–Kier alpha value is -2.72. The van der Waals surface area contributed by atoms with E-state index in [1.807, 2.05) is 18.2 Å². The van der Waals surface area contributed by atoms with Gasteiger partial charge in [-0.15, -0.1) is 0 Å². The first kappa shape index (κ1) is 16.6. The molecule has 0 aliphatic heterocycles. The van der Waals surface area contributed by atoms with Crippen molar-refractivity contribution < 1.29 is 19.1 Å². The average Bonchev–Trinajstić information content (AvgIpc) is 2.61. The highest BCUT2D eigenvalue weighted by Crippen LogP contribution is 2.09. The van der Waals surface area contributed by atoms with Crippen molar-refractivity contribution in [2.75, 3.05) is 20.3 Å². The molecule has 2 aromatic carbocycles. The van der Waals surface area contributed by atoms with Gasteiger partial charge in [0, 0.05) is 12.7 Å². The fraction of sp³-hybridized carbons (Fsp3) is 0.158. The molecule has 0 aromatic heterocycles. The summed E-state index contributed by atoms with van der Waals surface area (Å²) >= 11 is 0. The average molecular weight is 310 g/mol. The van der Waals surface area contributed by atoms with E-state index in [-0.39, 0.29) is 12.4 Å². The van der Waals surface area contributed by atoms with Gasteiger partial charge in [-0.1, -0.05) is 48.5 Å². The van der Waals surface area contributed by atoms with Gasteiger partial charge in [-0.2, -0.15) is 0 Å². The van der Waals surface area contributed by atoms with Crippen LogP contribution in [0.4, 0.5) is 0 Å². The molecule has 0 atom stereocenters. The van der Waals surface area contributed by atoms with E-state index < -0.39 is 5.97 Å². The summed E-state index contributed by atoms with van der Waals surface area (Å²) in [5, 5.41) is 0. The minimum absolute atomic E-state index is 0.0614. The van der Waals surface area contributed by atoms with Crippen LogP contribution in [0.5, 0.6) is 0 Å². The summed E-state index contributed by atoms with van der Waals surface area (Å²) in [6, 6.07) is 15.9. The molecular formula is C19H18O4. The Labute approximate surface area is 135 Å². The first-order chi connectivity index (χ1) is 11.2. The van der Waals surface area contributed by atoms with Crippen LogP contribution < -0.4 is 0 Å². The molecule has 0 spiro atoms. The van der Waals surface area contributed by atoms with Crippen molar-refractivity contribution in [2.45, 2.75) is 0 Å². The lowest BCUT2D eigenvalue weighted by atomic mass is 10.1. The van der Waals surface area contributed by atoms with Crippen LogP contribution in [0.2, 0.25) is 0 Å². The summed E-state index contributed by atoms with van der Waals surface area (Å²) in [6.45, 7) is 0.594. The lowest BCUT2D eigenvalue weighted by Gasteiger charge is -2.04. The maximum Gasteiger partial charge on any atom is 0.338 e. The molecule has 0 fully saturated rings. The molecule has 2 rings (SSSR count). The first-order valence-electron chi connectivity index (χ1n) is 7.24. The molecule has 118 valence electrons. The van der Waals surface area contributed by atoms with Gasteiger partial charge in [0.1, 0.15) is 6.61 Å². The summed E-state index contributed by atoms with van der Waals surface area (Å²) in [7, 11) is 1.55. The van der Waals surface area contributed by atoms with Gasteiger partial charge in [0.05, 0.1) is 12.2 Å². The fourth-order valence-electron chi connectivity index (χ4n) is 1.90. The number of carbonyl (C=O) groups is 2. The standard InChI is InChI=1S/C19H18O4/c1-22-13-14-23-19(21)17-10-7-15(8-11-17)9-12-18(20)16-5-3-2-4-6-16/h2-12H,13-14H2,1H3/b12-9+. The quantitative estimate of drug-likeness (QED) is 0.340. The van der Waals surface area contributed by atoms with Crippen molar-refractivity contribution >= 4 is 17.8 Å². The number of ether oxygens (including phenoxy) is 2. The van der Waals surface area contributed by atoms with Gasteiger partial charge in [-0.25, -0.2) is 4.79 Å². The van der Waals surface area contributed by atoms with E-state index in [0.717, 1.165) is 5.56 Å². The normalized spacial score (nSPS) is 10.7. The smallest absolute Gasteiger partial charge is 0.338 e. The van der Waals surface area contributed by atoms with Crippen LogP contribution in [-0.2, 0) is 9.47 Å². The molecule has 0 saturated heterocycles. The number of methoxy groups -OCH3 is 1. The minimum Gasteiger partial charge on any atom is -0.460 e. The van der Waals surface area contributed by atoms with E-state index in [1.54, 1.807) is 49.6 Å². The van der Waals surface area contributed by atoms with Gasteiger partial charge in [0.15, 0.2) is 5.78 Å². The molecule has 0 saturated carbocycles. The van der Waals surface area contributed by atoms with Crippen molar-refractivity contribution in [2.24, 2.45) is 0 Å². The Kier molecular flexibility index (Phi) is 6.27. The van der Waals surface area contributed by atoms with Crippen LogP contribution in [-0.4, -0.2) is 32.1 Å². The van der Waals surface area contributed by atoms with E-state index >= 15 is 0 Å². The Balaban J connectivity index is 1.96. The van der Waals surface area contributed by atoms with Crippen LogP contribution in [0.25, 0.3) is 6.08 Å². The number of allylic oxidation sites excluding steroid dienone is 1. The van der Waals surface area contributed by atoms with Crippen LogP contribution in [0, 0.1) is 0 Å². The van der Waals surface area contributed by atoms with Crippen molar-refractivity contribution in [3.63, 3.8) is 0 Å². The van der Waals surface area contributed by atoms with Crippen molar-refractivity contribution in [3.05, 3.63) is 77.4 Å². The zero-order chi connectivity index (χ0) is 16.5. The van der Waals surface area contributed by atoms with Gasteiger partial charge in [-0.05, 0) is 23.8 Å². The Morgan fingerprint density at radius 2 is 1.61 bits per heavy atom. The Morgan fingerprint density at radius 1 is 0.913 bits per heavy atom. The van der Waals surface area contributed by atoms with Gasteiger partial charge in [0.2, 0.25) is 0 Å². The maximum atomic E-state index is 12.0. The fourth-order valence-corrected chi connectivity index (χ4v) is 1.90. The Bertz CT molecular complexity index is 672. The molecule has 0 radical (unpaired) electrons. The molecule has 0 amide bonds. The third-order valence-electron chi connectivity index (χ3n) is 3.15. The highest BCUT2D eigenvalue weighted by Gasteiger charge is 2.06. The highest BCUT2D eigenvalue weighted by molar-refractivity contribution is 6.06. The molecule has 0 bridgehead atoms. The summed E-state index contributed by atoms with van der Waals surface area (Å²) in [5.74, 6) is -0.452. The highest BCUT2D eigenvalue weighted by atomic mass is 16.6. The molecule has 0 aliphatic carbocycles. The molecule has 0 aliphatic rings. The molecular weight excluding hydrogens is 292 g/mol. The van der Waals surface area contributed by atoms with Crippen molar-refractivity contribution in [1.82, 2.24) is 0 Å². The number of carbonyl (C=O) groups excluding carboxylic acids is 2. The lowest BCUT2D eigenvalue weighted by molar-refractivity contribution is 0.0388. The SMILES string of the molecule is COCCOC(=O)c1ccc(/C=C/C(=O)c2ccccc2)cc1. The second kappa shape index (κ2) is 8.66. The van der Waals surface area contributed by atoms with Crippen molar-refractivity contribution in [3.8, 4) is 0 Å². The predicted molar refractivity (Wildman–Crippen MR) is 88.4 cm³/mol. The summed E-state index contributed by atoms with van der Waals surface area (Å²) in [5.41, 5.74) is 1.94. The van der Waals surface area contributed by atoms with E-state index in [2.05, 4.69) is 0 Å². The van der Waals surface area contributed by atoms with Crippen LogP contribution in [0.15, 0.2) is 60.7 Å². The number of benzene rings is 2. The second-order valence-electron chi connectivity index (χ2n) is 4.81. The van der Waals surface area contributed by atoms with E-state index in [1.165, 1.54) is 6.08 Å². The topological polar surface area (TPSA) is 52.6 Å². The van der Waals surface area contributed by atoms with Gasteiger partial charge >= 0.3 is 5.97 Å². The first-order valence-corrected chi connectivity index (χ1v) is 7.24. The molecule has 4 heteroatoms. The number of hydrogen-bond donors (Lipinski definition) is 0. The third-order valence-corrected chi connectivity index (χ3v) is 3.15. The zero-order valence-electron chi connectivity index (χ0n) is 12.9. The van der Waals surface area contributed by atoms with Gasteiger partial charge in [0.25, 0.3) is 0 Å². The summed E-state index contributed by atoms with van der Waals surface area (Å²) < 4.78 is 9.85.